The number of likely N-dealkylation sites (tertiary alicyclic amines) is 1. The Labute approximate surface area is 187 Å². The lowest BCUT2D eigenvalue weighted by molar-refractivity contribution is -0.137. The predicted octanol–water partition coefficient (Wildman–Crippen LogP) is 5.82. The second-order valence-corrected chi connectivity index (χ2v) is 8.86. The van der Waals surface area contributed by atoms with Gasteiger partial charge in [0.1, 0.15) is 0 Å². The highest BCUT2D eigenvalue weighted by molar-refractivity contribution is 5.80. The van der Waals surface area contributed by atoms with E-state index in [1.165, 1.54) is 17.7 Å². The molecule has 2 heterocycles. The van der Waals surface area contributed by atoms with Gasteiger partial charge in [0.15, 0.2) is 0 Å². The maximum atomic E-state index is 13.6. The molecular weight excluding hydrogens is 415 g/mol. The van der Waals surface area contributed by atoms with Crippen LogP contribution in [0.5, 0.6) is 0 Å². The van der Waals surface area contributed by atoms with Crippen molar-refractivity contribution < 1.29 is 17.9 Å². The zero-order valence-electron chi connectivity index (χ0n) is 18.8. The number of ether oxygens (including phenoxy) is 1. The molecule has 1 saturated heterocycles. The Morgan fingerprint density at radius 3 is 2.44 bits per heavy atom. The molecule has 0 radical (unpaired) electrons. The fraction of sp³-hybridized carbons (Fsp3) is 0.480. The molecule has 32 heavy (non-hydrogen) atoms. The van der Waals surface area contributed by atoms with Crippen molar-refractivity contribution in [3.05, 3.63) is 65.5 Å². The van der Waals surface area contributed by atoms with Gasteiger partial charge >= 0.3 is 6.18 Å². The number of nitrogens with zero attached hydrogens (tertiary/aromatic N) is 3. The van der Waals surface area contributed by atoms with Crippen LogP contribution in [-0.2, 0) is 22.9 Å². The molecule has 172 valence electrons. The Balaban J connectivity index is 1.66. The van der Waals surface area contributed by atoms with Crippen molar-refractivity contribution in [3.63, 3.8) is 0 Å². The van der Waals surface area contributed by atoms with Gasteiger partial charge in [-0.05, 0) is 64.5 Å². The van der Waals surface area contributed by atoms with Gasteiger partial charge in [0.25, 0.3) is 0 Å². The Kier molecular flexibility index (Phi) is 6.32. The summed E-state index contributed by atoms with van der Waals surface area (Å²) in [6.45, 7) is 6.65. The number of alkyl halides is 3. The Hall–Kier alpha value is -2.38. The van der Waals surface area contributed by atoms with Crippen LogP contribution >= 0.6 is 0 Å². The van der Waals surface area contributed by atoms with E-state index in [9.17, 15) is 13.2 Å². The average Bonchev–Trinajstić information content (AvgIpc) is 3.21. The highest BCUT2D eigenvalue weighted by Gasteiger charge is 2.37. The zero-order valence-corrected chi connectivity index (χ0v) is 18.8. The molecule has 0 N–H and O–H groups in total. The summed E-state index contributed by atoms with van der Waals surface area (Å²) in [6.07, 6.45) is -1.44. The Morgan fingerprint density at radius 2 is 1.81 bits per heavy atom. The quantitative estimate of drug-likeness (QED) is 0.479. The fourth-order valence-electron chi connectivity index (χ4n) is 4.64. The number of aryl methyl sites for hydroxylation is 1. The first-order chi connectivity index (χ1) is 15.2. The van der Waals surface area contributed by atoms with E-state index in [0.717, 1.165) is 25.9 Å². The molecule has 1 fully saturated rings. The van der Waals surface area contributed by atoms with Crippen LogP contribution in [0.25, 0.3) is 11.0 Å². The van der Waals surface area contributed by atoms with Gasteiger partial charge in [-0.2, -0.15) is 13.2 Å². The van der Waals surface area contributed by atoms with E-state index in [2.05, 4.69) is 29.1 Å². The van der Waals surface area contributed by atoms with E-state index < -0.39 is 17.8 Å². The van der Waals surface area contributed by atoms with E-state index in [1.807, 2.05) is 32.0 Å². The summed E-state index contributed by atoms with van der Waals surface area (Å²) >= 11 is 0. The third-order valence-corrected chi connectivity index (χ3v) is 6.80. The lowest BCUT2D eigenvalue weighted by atomic mass is 9.73. The number of fused-ring (bicyclic) bond motifs is 1. The Bertz CT molecular complexity index is 1050. The largest absolute Gasteiger partial charge is 0.416 e. The number of imidazole rings is 1. The smallest absolute Gasteiger partial charge is 0.373 e. The molecule has 1 atom stereocenters. The first-order valence-electron chi connectivity index (χ1n) is 11.2. The van der Waals surface area contributed by atoms with Gasteiger partial charge < -0.3 is 14.2 Å². The minimum absolute atomic E-state index is 0.147. The van der Waals surface area contributed by atoms with E-state index in [1.54, 1.807) is 10.9 Å². The lowest BCUT2D eigenvalue weighted by Crippen LogP contribution is -2.44. The first-order valence-corrected chi connectivity index (χ1v) is 11.2. The lowest BCUT2D eigenvalue weighted by Gasteiger charge is -2.41. The van der Waals surface area contributed by atoms with Gasteiger partial charge in [-0.1, -0.05) is 30.3 Å². The molecule has 0 unspecified atom stereocenters. The van der Waals surface area contributed by atoms with Gasteiger partial charge in [0.2, 0.25) is 0 Å². The van der Waals surface area contributed by atoms with Crippen LogP contribution in [0, 0.1) is 0 Å². The van der Waals surface area contributed by atoms with Gasteiger partial charge in [0, 0.05) is 17.5 Å². The minimum atomic E-state index is -4.43. The second-order valence-electron chi connectivity index (χ2n) is 8.86. The summed E-state index contributed by atoms with van der Waals surface area (Å²) in [5.74, 6) is 0. The van der Waals surface area contributed by atoms with Gasteiger partial charge in [-0.3, -0.25) is 0 Å². The second kappa shape index (κ2) is 8.87. The molecule has 0 saturated carbocycles. The van der Waals surface area contributed by atoms with E-state index in [4.69, 9.17) is 4.74 Å². The molecule has 0 amide bonds. The molecule has 2 aromatic carbocycles. The standard InChI is InChI=1S/C25H30F3N3O/c1-4-31-17-29-23-21(14-20(15-22(23)31)25(26,27)28)18(2)32-16-24(10-12-30(3)13-11-24)19-8-6-5-7-9-19/h5-9,14-15,17-18H,4,10-13,16H2,1-3H3/t18-/m0/s1. The van der Waals surface area contributed by atoms with Crippen LogP contribution in [0.4, 0.5) is 13.2 Å². The van der Waals surface area contributed by atoms with Crippen LogP contribution < -0.4 is 0 Å². The maximum absolute atomic E-state index is 13.6. The average molecular weight is 446 g/mol. The molecule has 7 heteroatoms. The number of halogens is 3. The summed E-state index contributed by atoms with van der Waals surface area (Å²) in [7, 11) is 2.11. The van der Waals surface area contributed by atoms with E-state index in [-0.39, 0.29) is 5.41 Å². The number of rotatable bonds is 6. The summed E-state index contributed by atoms with van der Waals surface area (Å²) in [5, 5.41) is 0. The van der Waals surface area contributed by atoms with Crippen LogP contribution in [0.3, 0.4) is 0 Å². The predicted molar refractivity (Wildman–Crippen MR) is 120 cm³/mol. The maximum Gasteiger partial charge on any atom is 0.416 e. The molecule has 0 aliphatic carbocycles. The van der Waals surface area contributed by atoms with Crippen molar-refractivity contribution in [1.29, 1.82) is 0 Å². The molecule has 1 aromatic heterocycles. The minimum Gasteiger partial charge on any atom is -0.373 e. The SMILES string of the molecule is CCn1cnc2c([C@H](C)OCC3(c4ccccc4)CCN(C)CC3)cc(C(F)(F)F)cc21. The van der Waals surface area contributed by atoms with Crippen molar-refractivity contribution in [1.82, 2.24) is 14.5 Å². The van der Waals surface area contributed by atoms with Crippen LogP contribution in [0.1, 0.15) is 49.5 Å². The van der Waals surface area contributed by atoms with Crippen molar-refractivity contribution in [2.45, 2.75) is 50.9 Å². The van der Waals surface area contributed by atoms with Gasteiger partial charge in [-0.25, -0.2) is 4.98 Å². The number of benzene rings is 2. The Morgan fingerprint density at radius 1 is 1.12 bits per heavy atom. The third-order valence-electron chi connectivity index (χ3n) is 6.80. The van der Waals surface area contributed by atoms with E-state index >= 15 is 0 Å². The number of piperidine rings is 1. The first kappa shape index (κ1) is 22.8. The van der Waals surface area contributed by atoms with Crippen LogP contribution in [0.15, 0.2) is 48.8 Å². The summed E-state index contributed by atoms with van der Waals surface area (Å²) in [4.78, 5) is 6.73. The number of hydrogen-bond donors (Lipinski definition) is 0. The summed E-state index contributed by atoms with van der Waals surface area (Å²) in [6, 6.07) is 12.7. The van der Waals surface area contributed by atoms with Crippen molar-refractivity contribution >= 4 is 11.0 Å². The molecular formula is C25H30F3N3O. The highest BCUT2D eigenvalue weighted by atomic mass is 19.4. The van der Waals surface area contributed by atoms with Crippen molar-refractivity contribution in [3.8, 4) is 0 Å². The molecule has 0 bridgehead atoms. The number of aromatic nitrogens is 2. The van der Waals surface area contributed by atoms with Gasteiger partial charge in [0.05, 0.1) is 35.6 Å². The monoisotopic (exact) mass is 445 g/mol. The molecule has 3 aromatic rings. The summed E-state index contributed by atoms with van der Waals surface area (Å²) in [5.41, 5.74) is 1.96. The number of hydrogen-bond acceptors (Lipinski definition) is 3. The van der Waals surface area contributed by atoms with Crippen LogP contribution in [-0.4, -0.2) is 41.2 Å². The van der Waals surface area contributed by atoms with E-state index in [0.29, 0.717) is 29.7 Å². The zero-order chi connectivity index (χ0) is 22.9. The fourth-order valence-corrected chi connectivity index (χ4v) is 4.64. The molecule has 4 nitrogen and oxygen atoms in total. The molecule has 1 aliphatic heterocycles. The topological polar surface area (TPSA) is 30.3 Å². The summed E-state index contributed by atoms with van der Waals surface area (Å²) < 4.78 is 48.9. The third kappa shape index (κ3) is 4.41. The van der Waals surface area contributed by atoms with Gasteiger partial charge in [-0.15, -0.1) is 0 Å². The van der Waals surface area contributed by atoms with Crippen LogP contribution in [0.2, 0.25) is 0 Å². The van der Waals surface area contributed by atoms with Crippen molar-refractivity contribution in [2.24, 2.45) is 0 Å². The molecule has 1 aliphatic rings. The molecule has 4 rings (SSSR count). The normalized spacial score (nSPS) is 18.2. The highest BCUT2D eigenvalue weighted by Crippen LogP contribution is 2.39. The molecule has 0 spiro atoms. The van der Waals surface area contributed by atoms with Crippen molar-refractivity contribution in [2.75, 3.05) is 26.7 Å².